The van der Waals surface area contributed by atoms with Gasteiger partial charge in [0, 0.05) is 30.1 Å². The molecule has 0 radical (unpaired) electrons. The van der Waals surface area contributed by atoms with Crippen LogP contribution >= 0.6 is 11.3 Å². The highest BCUT2D eigenvalue weighted by atomic mass is 32.1. The number of carbonyl (C=O) groups is 1. The average Bonchev–Trinajstić information content (AvgIpc) is 2.70. The zero-order valence-corrected chi connectivity index (χ0v) is 9.75. The van der Waals surface area contributed by atoms with Gasteiger partial charge in [0.15, 0.2) is 0 Å². The fourth-order valence-electron chi connectivity index (χ4n) is 1.49. The van der Waals surface area contributed by atoms with Gasteiger partial charge in [-0.3, -0.25) is 9.78 Å². The largest absolute Gasteiger partial charge is 0.326 e. The molecule has 0 fully saturated rings. The van der Waals surface area contributed by atoms with E-state index in [0.29, 0.717) is 0 Å². The van der Waals surface area contributed by atoms with Crippen molar-refractivity contribution in [2.24, 2.45) is 0 Å². The van der Waals surface area contributed by atoms with Gasteiger partial charge in [0.2, 0.25) is 5.91 Å². The van der Waals surface area contributed by atoms with E-state index in [1.165, 1.54) is 17.4 Å². The molecule has 0 bridgehead atoms. The summed E-state index contributed by atoms with van der Waals surface area (Å²) < 4.78 is 0. The third-order valence-corrected chi connectivity index (χ3v) is 2.89. The van der Waals surface area contributed by atoms with Crippen LogP contribution in [0.15, 0.2) is 36.0 Å². The molecule has 1 N–H and O–H groups in total. The molecular formula is C12H12N2OS. The van der Waals surface area contributed by atoms with E-state index < -0.39 is 0 Å². The fourth-order valence-corrected chi connectivity index (χ4v) is 2.12. The Balaban J connectivity index is 2.13. The van der Waals surface area contributed by atoms with Crippen molar-refractivity contribution in [3.05, 3.63) is 46.4 Å². The number of anilines is 1. The van der Waals surface area contributed by atoms with Crippen molar-refractivity contribution in [1.29, 1.82) is 0 Å². The molecule has 3 nitrogen and oxygen atoms in total. The van der Waals surface area contributed by atoms with Gasteiger partial charge in [-0.2, -0.15) is 0 Å². The monoisotopic (exact) mass is 232 g/mol. The van der Waals surface area contributed by atoms with Crippen LogP contribution in [0.3, 0.4) is 0 Å². The van der Waals surface area contributed by atoms with E-state index in [9.17, 15) is 4.79 Å². The fraction of sp³-hybridized carbons (Fsp3) is 0.167. The van der Waals surface area contributed by atoms with E-state index in [0.717, 1.165) is 12.1 Å². The van der Waals surface area contributed by atoms with Gasteiger partial charge in [-0.25, -0.2) is 0 Å². The summed E-state index contributed by atoms with van der Waals surface area (Å²) in [5.41, 5.74) is 3.84. The summed E-state index contributed by atoms with van der Waals surface area (Å²) >= 11 is 1.64. The van der Waals surface area contributed by atoms with Crippen LogP contribution in [0, 0.1) is 0 Å². The lowest BCUT2D eigenvalue weighted by Crippen LogP contribution is -2.05. The highest BCUT2D eigenvalue weighted by molar-refractivity contribution is 7.09. The average molecular weight is 232 g/mol. The molecule has 0 saturated carbocycles. The molecule has 1 aromatic heterocycles. The summed E-state index contributed by atoms with van der Waals surface area (Å²) in [4.78, 5) is 16.2. The lowest BCUT2D eigenvalue weighted by Gasteiger charge is -2.04. The van der Waals surface area contributed by atoms with Crippen LogP contribution in [-0.2, 0) is 11.2 Å². The van der Waals surface area contributed by atoms with E-state index >= 15 is 0 Å². The molecule has 0 unspecified atom stereocenters. The second-order valence-electron chi connectivity index (χ2n) is 3.53. The Hall–Kier alpha value is -1.68. The minimum atomic E-state index is -0.0464. The van der Waals surface area contributed by atoms with Crippen molar-refractivity contribution in [1.82, 2.24) is 4.98 Å². The van der Waals surface area contributed by atoms with Crippen LogP contribution in [0.2, 0.25) is 0 Å². The number of hydrogen-bond acceptors (Lipinski definition) is 3. The smallest absolute Gasteiger partial charge is 0.221 e. The zero-order chi connectivity index (χ0) is 11.4. The first-order valence-corrected chi connectivity index (χ1v) is 5.86. The number of nitrogens with one attached hydrogen (secondary N) is 1. The Kier molecular flexibility index (Phi) is 3.31. The maximum absolute atomic E-state index is 10.9. The molecule has 2 rings (SSSR count). The van der Waals surface area contributed by atoms with Gasteiger partial charge in [-0.15, -0.1) is 11.3 Å². The predicted molar refractivity (Wildman–Crippen MR) is 65.7 cm³/mol. The number of hydrogen-bond donors (Lipinski definition) is 1. The van der Waals surface area contributed by atoms with Gasteiger partial charge in [0.25, 0.3) is 0 Å². The lowest BCUT2D eigenvalue weighted by molar-refractivity contribution is -0.114. The molecule has 0 aliphatic carbocycles. The molecule has 1 heterocycles. The Morgan fingerprint density at radius 2 is 2.38 bits per heavy atom. The topological polar surface area (TPSA) is 42.0 Å². The molecular weight excluding hydrogens is 220 g/mol. The molecule has 0 aliphatic heterocycles. The number of amides is 1. The number of rotatable bonds is 3. The summed E-state index contributed by atoms with van der Waals surface area (Å²) in [7, 11) is 0. The maximum Gasteiger partial charge on any atom is 0.221 e. The van der Waals surface area contributed by atoms with Gasteiger partial charge in [-0.05, 0) is 17.7 Å². The van der Waals surface area contributed by atoms with Crippen molar-refractivity contribution >= 4 is 22.9 Å². The molecule has 1 amide bonds. The molecule has 1 aromatic carbocycles. The maximum atomic E-state index is 10.9. The Labute approximate surface area is 98.2 Å². The van der Waals surface area contributed by atoms with E-state index in [1.807, 2.05) is 36.0 Å². The van der Waals surface area contributed by atoms with Crippen molar-refractivity contribution in [2.75, 3.05) is 5.32 Å². The normalized spacial score (nSPS) is 10.1. The van der Waals surface area contributed by atoms with E-state index in [-0.39, 0.29) is 5.91 Å². The molecule has 0 aliphatic rings. The Morgan fingerprint density at radius 1 is 1.50 bits per heavy atom. The number of thiazole rings is 1. The quantitative estimate of drug-likeness (QED) is 0.884. The van der Waals surface area contributed by atoms with Gasteiger partial charge in [0.05, 0.1) is 5.51 Å². The van der Waals surface area contributed by atoms with E-state index in [4.69, 9.17) is 0 Å². The minimum absolute atomic E-state index is 0.0464. The summed E-state index contributed by atoms with van der Waals surface area (Å²) in [5, 5.41) is 2.77. The van der Waals surface area contributed by atoms with Gasteiger partial charge in [0.1, 0.15) is 0 Å². The molecule has 0 saturated heterocycles. The molecule has 4 heteroatoms. The third kappa shape index (κ3) is 2.90. The number of aromatic nitrogens is 1. The zero-order valence-electron chi connectivity index (χ0n) is 8.93. The van der Waals surface area contributed by atoms with Crippen molar-refractivity contribution in [3.8, 4) is 0 Å². The van der Waals surface area contributed by atoms with Crippen LogP contribution < -0.4 is 5.32 Å². The third-order valence-electron chi connectivity index (χ3n) is 2.11. The van der Waals surface area contributed by atoms with Crippen LogP contribution in [0.1, 0.15) is 17.4 Å². The van der Waals surface area contributed by atoms with Crippen molar-refractivity contribution in [2.45, 2.75) is 13.3 Å². The summed E-state index contributed by atoms with van der Waals surface area (Å²) in [6.45, 7) is 1.51. The molecule has 2 aromatic rings. The van der Waals surface area contributed by atoms with Crippen LogP contribution in [0.4, 0.5) is 5.69 Å². The second-order valence-corrected chi connectivity index (χ2v) is 4.50. The van der Waals surface area contributed by atoms with Gasteiger partial charge in [-0.1, -0.05) is 12.1 Å². The summed E-state index contributed by atoms with van der Waals surface area (Å²) in [5.74, 6) is -0.0464. The Bertz CT molecular complexity index is 480. The molecule has 82 valence electrons. The first kappa shape index (κ1) is 10.8. The minimum Gasteiger partial charge on any atom is -0.326 e. The standard InChI is InChI=1S/C12H12N2OS/c1-9(15)14-11-4-2-3-10(5-11)6-12-7-13-8-16-12/h2-5,7-8H,6H2,1H3,(H,14,15). The second kappa shape index (κ2) is 4.90. The number of carbonyl (C=O) groups excluding carboxylic acids is 1. The van der Waals surface area contributed by atoms with Crippen molar-refractivity contribution in [3.63, 3.8) is 0 Å². The van der Waals surface area contributed by atoms with E-state index in [2.05, 4.69) is 10.3 Å². The summed E-state index contributed by atoms with van der Waals surface area (Å²) in [6.07, 6.45) is 2.73. The molecule has 0 spiro atoms. The highest BCUT2D eigenvalue weighted by Crippen LogP contribution is 2.16. The number of benzene rings is 1. The van der Waals surface area contributed by atoms with Crippen molar-refractivity contribution < 1.29 is 4.79 Å². The first-order chi connectivity index (χ1) is 7.74. The SMILES string of the molecule is CC(=O)Nc1cccc(Cc2cncs2)c1. The van der Waals surface area contributed by atoms with Gasteiger partial charge < -0.3 is 5.32 Å². The highest BCUT2D eigenvalue weighted by Gasteiger charge is 2.00. The molecule has 0 atom stereocenters. The predicted octanol–water partition coefficient (Wildman–Crippen LogP) is 2.69. The lowest BCUT2D eigenvalue weighted by atomic mass is 10.1. The molecule has 16 heavy (non-hydrogen) atoms. The van der Waals surface area contributed by atoms with Crippen LogP contribution in [0.25, 0.3) is 0 Å². The number of nitrogens with zero attached hydrogens (tertiary/aromatic N) is 1. The van der Waals surface area contributed by atoms with E-state index in [1.54, 1.807) is 11.3 Å². The Morgan fingerprint density at radius 3 is 3.06 bits per heavy atom. The van der Waals surface area contributed by atoms with Gasteiger partial charge >= 0.3 is 0 Å². The van der Waals surface area contributed by atoms with Crippen LogP contribution in [-0.4, -0.2) is 10.9 Å². The first-order valence-electron chi connectivity index (χ1n) is 4.98. The van der Waals surface area contributed by atoms with Crippen LogP contribution in [0.5, 0.6) is 0 Å². The summed E-state index contributed by atoms with van der Waals surface area (Å²) in [6, 6.07) is 7.87.